The molecule has 0 aliphatic rings. The van der Waals surface area contributed by atoms with Crippen LogP contribution in [0.4, 0.5) is 0 Å². The molecule has 0 spiro atoms. The van der Waals surface area contributed by atoms with Gasteiger partial charge in [0.1, 0.15) is 0 Å². The third-order valence-electron chi connectivity index (χ3n) is 4.11. The topological polar surface area (TPSA) is 64.0 Å². The number of hydrogen-bond acceptors (Lipinski definition) is 3. The fourth-order valence-corrected chi connectivity index (χ4v) is 3.88. The number of sulfonamides is 1. The van der Waals surface area contributed by atoms with Crippen molar-refractivity contribution in [3.8, 4) is 5.69 Å². The van der Waals surface area contributed by atoms with E-state index in [2.05, 4.69) is 9.82 Å². The normalized spacial score (nSPS) is 11.6. The smallest absolute Gasteiger partial charge is 0.216 e. The molecule has 0 bridgehead atoms. The summed E-state index contributed by atoms with van der Waals surface area (Å²) in [6, 6.07) is 19.0. The molecular formula is C19H21N3O2S. The predicted molar refractivity (Wildman–Crippen MR) is 98.9 cm³/mol. The predicted octanol–water partition coefficient (Wildman–Crippen LogP) is 3.11. The van der Waals surface area contributed by atoms with Crippen LogP contribution in [0, 0.1) is 13.8 Å². The Morgan fingerprint density at radius 3 is 2.20 bits per heavy atom. The molecule has 1 N–H and O–H groups in total. The van der Waals surface area contributed by atoms with Gasteiger partial charge in [-0.2, -0.15) is 5.10 Å². The highest BCUT2D eigenvalue weighted by Crippen LogP contribution is 2.18. The number of aryl methyl sites for hydroxylation is 1. The average molecular weight is 355 g/mol. The summed E-state index contributed by atoms with van der Waals surface area (Å²) < 4.78 is 29.2. The molecule has 0 amide bonds. The van der Waals surface area contributed by atoms with Crippen LogP contribution in [0.5, 0.6) is 0 Å². The lowest BCUT2D eigenvalue weighted by Crippen LogP contribution is -2.25. The number of hydrogen-bond donors (Lipinski definition) is 1. The molecule has 0 radical (unpaired) electrons. The lowest BCUT2D eigenvalue weighted by atomic mass is 10.2. The van der Waals surface area contributed by atoms with Gasteiger partial charge in [0.15, 0.2) is 0 Å². The van der Waals surface area contributed by atoms with Crippen LogP contribution in [-0.4, -0.2) is 18.2 Å². The van der Waals surface area contributed by atoms with Gasteiger partial charge < -0.3 is 0 Å². The molecular weight excluding hydrogens is 334 g/mol. The molecule has 25 heavy (non-hydrogen) atoms. The first-order valence-electron chi connectivity index (χ1n) is 8.08. The molecule has 1 heterocycles. The van der Waals surface area contributed by atoms with Crippen molar-refractivity contribution >= 4 is 10.0 Å². The zero-order valence-corrected chi connectivity index (χ0v) is 15.1. The Bertz CT molecular complexity index is 949. The molecule has 3 rings (SSSR count). The maximum atomic E-state index is 12.3. The van der Waals surface area contributed by atoms with Gasteiger partial charge in [0.05, 0.1) is 17.1 Å². The molecule has 130 valence electrons. The highest BCUT2D eigenvalue weighted by molar-refractivity contribution is 7.88. The number of para-hydroxylation sites is 1. The van der Waals surface area contributed by atoms with E-state index in [1.807, 2.05) is 79.2 Å². The van der Waals surface area contributed by atoms with Gasteiger partial charge in [-0.1, -0.05) is 48.5 Å². The second-order valence-electron chi connectivity index (χ2n) is 5.96. The Hall–Kier alpha value is -2.44. The number of benzene rings is 2. The van der Waals surface area contributed by atoms with Crippen molar-refractivity contribution < 1.29 is 8.42 Å². The van der Waals surface area contributed by atoms with Gasteiger partial charge in [-0.15, -0.1) is 0 Å². The maximum Gasteiger partial charge on any atom is 0.216 e. The summed E-state index contributed by atoms with van der Waals surface area (Å²) in [6.07, 6.45) is 0. The standard InChI is InChI=1S/C19H21N3O2S/c1-15-19(16(2)22(21-15)18-11-7-4-8-12-18)13-20-25(23,24)14-17-9-5-3-6-10-17/h3-12,20H,13-14H2,1-2H3. The van der Waals surface area contributed by atoms with Gasteiger partial charge in [0.25, 0.3) is 0 Å². The quantitative estimate of drug-likeness (QED) is 0.739. The second-order valence-corrected chi connectivity index (χ2v) is 7.77. The Labute approximate surface area is 148 Å². The molecule has 0 unspecified atom stereocenters. The van der Waals surface area contributed by atoms with Crippen molar-refractivity contribution in [2.45, 2.75) is 26.1 Å². The Morgan fingerprint density at radius 2 is 1.56 bits per heavy atom. The van der Waals surface area contributed by atoms with Crippen LogP contribution < -0.4 is 4.72 Å². The highest BCUT2D eigenvalue weighted by Gasteiger charge is 2.16. The van der Waals surface area contributed by atoms with Crippen LogP contribution in [0.15, 0.2) is 60.7 Å². The maximum absolute atomic E-state index is 12.3. The van der Waals surface area contributed by atoms with E-state index in [1.54, 1.807) is 0 Å². The van der Waals surface area contributed by atoms with E-state index in [1.165, 1.54) is 0 Å². The molecule has 0 fully saturated rings. The van der Waals surface area contributed by atoms with Crippen LogP contribution in [0.1, 0.15) is 22.5 Å². The third kappa shape index (κ3) is 4.15. The largest absolute Gasteiger partial charge is 0.238 e. The van der Waals surface area contributed by atoms with E-state index in [4.69, 9.17) is 0 Å². The summed E-state index contributed by atoms with van der Waals surface area (Å²) in [7, 11) is -3.41. The summed E-state index contributed by atoms with van der Waals surface area (Å²) in [5.41, 5.74) is 4.39. The SMILES string of the molecule is Cc1nn(-c2ccccc2)c(C)c1CNS(=O)(=O)Cc1ccccc1. The van der Waals surface area contributed by atoms with Gasteiger partial charge >= 0.3 is 0 Å². The van der Waals surface area contributed by atoms with Gasteiger partial charge in [0, 0.05) is 17.8 Å². The van der Waals surface area contributed by atoms with Crippen molar-refractivity contribution in [2.24, 2.45) is 0 Å². The molecule has 0 aliphatic carbocycles. The fraction of sp³-hybridized carbons (Fsp3) is 0.211. The van der Waals surface area contributed by atoms with Crippen LogP contribution >= 0.6 is 0 Å². The van der Waals surface area contributed by atoms with Crippen molar-refractivity contribution in [2.75, 3.05) is 0 Å². The molecule has 2 aromatic carbocycles. The number of aromatic nitrogens is 2. The second kappa shape index (κ2) is 7.21. The fourth-order valence-electron chi connectivity index (χ4n) is 2.78. The van der Waals surface area contributed by atoms with Gasteiger partial charge in [0.2, 0.25) is 10.0 Å². The zero-order valence-electron chi connectivity index (χ0n) is 14.3. The van der Waals surface area contributed by atoms with Gasteiger partial charge in [-0.05, 0) is 31.5 Å². The number of nitrogens with zero attached hydrogens (tertiary/aromatic N) is 2. The van der Waals surface area contributed by atoms with E-state index >= 15 is 0 Å². The van der Waals surface area contributed by atoms with E-state index in [0.29, 0.717) is 0 Å². The van der Waals surface area contributed by atoms with Crippen LogP contribution in [0.2, 0.25) is 0 Å². The summed E-state index contributed by atoms with van der Waals surface area (Å²) in [5, 5.41) is 4.55. The summed E-state index contributed by atoms with van der Waals surface area (Å²) in [4.78, 5) is 0. The minimum absolute atomic E-state index is 0.0290. The molecule has 1 aromatic heterocycles. The first-order valence-corrected chi connectivity index (χ1v) is 9.73. The van der Waals surface area contributed by atoms with Gasteiger partial charge in [-0.3, -0.25) is 0 Å². The summed E-state index contributed by atoms with van der Waals surface area (Å²) >= 11 is 0. The molecule has 5 nitrogen and oxygen atoms in total. The van der Waals surface area contributed by atoms with Crippen LogP contribution in [0.3, 0.4) is 0 Å². The molecule has 0 saturated heterocycles. The van der Waals surface area contributed by atoms with Crippen molar-refractivity contribution in [1.29, 1.82) is 0 Å². The summed E-state index contributed by atoms with van der Waals surface area (Å²) in [5.74, 6) is -0.0290. The van der Waals surface area contributed by atoms with E-state index in [9.17, 15) is 8.42 Å². The first-order chi connectivity index (χ1) is 12.0. The Balaban J connectivity index is 1.76. The summed E-state index contributed by atoms with van der Waals surface area (Å²) in [6.45, 7) is 4.08. The minimum atomic E-state index is -3.41. The zero-order chi connectivity index (χ0) is 17.9. The lowest BCUT2D eigenvalue weighted by Gasteiger charge is -2.08. The monoisotopic (exact) mass is 355 g/mol. The Kier molecular flexibility index (Phi) is 5.01. The molecule has 6 heteroatoms. The minimum Gasteiger partial charge on any atom is -0.238 e. The third-order valence-corrected chi connectivity index (χ3v) is 5.41. The number of rotatable bonds is 6. The molecule has 0 aliphatic heterocycles. The van der Waals surface area contributed by atoms with Crippen LogP contribution in [-0.2, 0) is 22.3 Å². The Morgan fingerprint density at radius 1 is 0.960 bits per heavy atom. The molecule has 0 saturated carbocycles. The molecule has 3 aromatic rings. The van der Waals surface area contributed by atoms with Crippen molar-refractivity contribution in [3.05, 3.63) is 83.2 Å². The highest BCUT2D eigenvalue weighted by atomic mass is 32.2. The van der Waals surface area contributed by atoms with E-state index in [-0.39, 0.29) is 12.3 Å². The van der Waals surface area contributed by atoms with Gasteiger partial charge in [-0.25, -0.2) is 17.8 Å². The lowest BCUT2D eigenvalue weighted by molar-refractivity contribution is 0.580. The van der Waals surface area contributed by atoms with Crippen LogP contribution in [0.25, 0.3) is 5.69 Å². The van der Waals surface area contributed by atoms with E-state index in [0.717, 1.165) is 28.2 Å². The van der Waals surface area contributed by atoms with E-state index < -0.39 is 10.0 Å². The number of nitrogens with one attached hydrogen (secondary N) is 1. The van der Waals surface area contributed by atoms with Crippen molar-refractivity contribution in [1.82, 2.24) is 14.5 Å². The van der Waals surface area contributed by atoms with Crippen molar-refractivity contribution in [3.63, 3.8) is 0 Å². The molecule has 0 atom stereocenters. The average Bonchev–Trinajstić information content (AvgIpc) is 2.89. The first kappa shape index (κ1) is 17.4.